The number of pyridine rings is 1. The van der Waals surface area contributed by atoms with Crippen molar-refractivity contribution >= 4 is 57.4 Å². The van der Waals surface area contributed by atoms with E-state index in [4.69, 9.17) is 10.6 Å². The number of carbonyl (C=O) groups is 3. The molecule has 5 heterocycles. The third kappa shape index (κ3) is 3.97. The Hall–Kier alpha value is -3.98. The summed E-state index contributed by atoms with van der Waals surface area (Å²) in [6.07, 6.45) is 3.40. The number of carboxylic acids is 1. The van der Waals surface area contributed by atoms with Crippen molar-refractivity contribution in [3.8, 4) is 0 Å². The van der Waals surface area contributed by atoms with Crippen LogP contribution in [0.25, 0.3) is 5.65 Å². The number of fused-ring (bicyclic) bond motifs is 2. The third-order valence-electron chi connectivity index (χ3n) is 5.49. The average Bonchev–Trinajstić information content (AvgIpc) is 3.46. The van der Waals surface area contributed by atoms with Crippen molar-refractivity contribution in [2.24, 2.45) is 5.16 Å². The molecule has 35 heavy (non-hydrogen) atoms. The molecule has 1 fully saturated rings. The fourth-order valence-corrected chi connectivity index (χ4v) is 5.84. The summed E-state index contributed by atoms with van der Waals surface area (Å²) in [6.45, 7) is 0.256. The molecule has 0 unspecified atom stereocenters. The number of amides is 2. The number of carboxylic acid groups (broad SMARTS) is 1. The van der Waals surface area contributed by atoms with Crippen LogP contribution in [0, 0.1) is 0 Å². The quantitative estimate of drug-likeness (QED) is 0.162. The summed E-state index contributed by atoms with van der Waals surface area (Å²) in [5.74, 6) is -2.05. The fraction of sp³-hybridized carbons (Fsp3) is 0.250. The number of nitrogen functional groups attached to an aromatic ring is 1. The predicted molar refractivity (Wildman–Crippen MR) is 125 cm³/mol. The van der Waals surface area contributed by atoms with Crippen molar-refractivity contribution in [3.05, 3.63) is 53.1 Å². The van der Waals surface area contributed by atoms with E-state index in [9.17, 15) is 19.5 Å². The first-order valence-corrected chi connectivity index (χ1v) is 12.2. The summed E-state index contributed by atoms with van der Waals surface area (Å²) in [4.78, 5) is 48.0. The lowest BCUT2D eigenvalue weighted by molar-refractivity contribution is -0.664. The second-order valence-electron chi connectivity index (χ2n) is 7.57. The number of β-lactam (4-membered cyclic amide) rings is 1. The van der Waals surface area contributed by atoms with Gasteiger partial charge in [0.15, 0.2) is 10.8 Å². The molecule has 4 N–H and O–H groups in total. The smallest absolute Gasteiger partial charge is 0.352 e. The molecule has 0 aliphatic carbocycles. The van der Waals surface area contributed by atoms with Gasteiger partial charge in [0.2, 0.25) is 0 Å². The first-order chi connectivity index (χ1) is 16.9. The molecule has 3 aromatic heterocycles. The molecule has 180 valence electrons. The van der Waals surface area contributed by atoms with E-state index in [1.165, 1.54) is 23.8 Å². The zero-order valence-corrected chi connectivity index (χ0v) is 19.8. The number of oxime groups is 1. The standard InChI is InChI=1S/C20H18N8O5S2/c1-33-25-13(11-8-35-20(21)23-11)16(29)24-14-17(30)28-15(19(31)32)10(7-34-18(14)28)6-26-9-22-27-5-3-2-4-12(26)27/h2-5,8-9,14,18H,6-7H2,1H3,(H3-,21,23,24,29,31,32)/p+1/b25-13-/t14-,18-/m1/s1. The normalized spacial score (nSPS) is 20.0. The van der Waals surface area contributed by atoms with Gasteiger partial charge in [0.1, 0.15) is 36.1 Å². The van der Waals surface area contributed by atoms with E-state index in [2.05, 4.69) is 20.6 Å². The van der Waals surface area contributed by atoms with Crippen LogP contribution in [0.4, 0.5) is 5.13 Å². The number of thioether (sulfide) groups is 1. The molecule has 0 aromatic carbocycles. The molecule has 3 aromatic rings. The van der Waals surface area contributed by atoms with E-state index < -0.39 is 29.2 Å². The van der Waals surface area contributed by atoms with Crippen molar-refractivity contribution in [3.63, 3.8) is 0 Å². The van der Waals surface area contributed by atoms with E-state index in [-0.39, 0.29) is 28.8 Å². The lowest BCUT2D eigenvalue weighted by Gasteiger charge is -2.49. The molecule has 1 saturated heterocycles. The molecule has 0 saturated carbocycles. The second kappa shape index (κ2) is 8.99. The van der Waals surface area contributed by atoms with Crippen molar-refractivity contribution in [1.82, 2.24) is 24.8 Å². The van der Waals surface area contributed by atoms with Gasteiger partial charge in [-0.1, -0.05) is 15.7 Å². The number of nitrogens with two attached hydrogens (primary N) is 1. The van der Waals surface area contributed by atoms with Crippen LogP contribution >= 0.6 is 23.1 Å². The van der Waals surface area contributed by atoms with Crippen LogP contribution in [-0.2, 0) is 25.8 Å². The van der Waals surface area contributed by atoms with Gasteiger partial charge in [0.25, 0.3) is 23.8 Å². The molecule has 13 nitrogen and oxygen atoms in total. The molecule has 5 rings (SSSR count). The zero-order valence-electron chi connectivity index (χ0n) is 18.2. The maximum absolute atomic E-state index is 13.0. The highest BCUT2D eigenvalue weighted by Gasteiger charge is 2.54. The maximum Gasteiger partial charge on any atom is 0.352 e. The minimum Gasteiger partial charge on any atom is -0.477 e. The Kier molecular flexibility index (Phi) is 5.86. The minimum atomic E-state index is -1.21. The van der Waals surface area contributed by atoms with Crippen molar-refractivity contribution < 1.29 is 28.9 Å². The Bertz CT molecular complexity index is 1410. The molecule has 2 aliphatic heterocycles. The highest BCUT2D eigenvalue weighted by molar-refractivity contribution is 8.00. The molecule has 2 amide bonds. The van der Waals surface area contributed by atoms with Crippen molar-refractivity contribution in [2.75, 3.05) is 18.6 Å². The van der Waals surface area contributed by atoms with Crippen LogP contribution in [0.2, 0.25) is 0 Å². The van der Waals surface area contributed by atoms with Crippen molar-refractivity contribution in [2.45, 2.75) is 18.0 Å². The summed E-state index contributed by atoms with van der Waals surface area (Å²) >= 11 is 2.50. The number of thiazole rings is 1. The molecule has 0 radical (unpaired) electrons. The molecule has 15 heteroatoms. The van der Waals surface area contributed by atoms with Gasteiger partial charge in [0, 0.05) is 27.9 Å². The number of hydrogen-bond donors (Lipinski definition) is 3. The molecular weight excluding hydrogens is 496 g/mol. The fourth-order valence-electron chi connectivity index (χ4n) is 3.96. The predicted octanol–water partition coefficient (Wildman–Crippen LogP) is -0.550. The number of aliphatic carboxylic acids is 1. The van der Waals surface area contributed by atoms with Gasteiger partial charge < -0.3 is 21.0 Å². The van der Waals surface area contributed by atoms with Gasteiger partial charge in [0.05, 0.1) is 6.54 Å². The summed E-state index contributed by atoms with van der Waals surface area (Å²) in [5, 5.41) is 21.8. The number of rotatable bonds is 7. The minimum absolute atomic E-state index is 0.0786. The molecule has 2 aliphatic rings. The van der Waals surface area contributed by atoms with Crippen LogP contribution in [0.15, 0.2) is 52.5 Å². The number of aromatic nitrogens is 4. The lowest BCUT2D eigenvalue weighted by Crippen LogP contribution is -2.71. The molecule has 0 bridgehead atoms. The number of hydrogen-bond acceptors (Lipinski definition) is 10. The van der Waals surface area contributed by atoms with E-state index in [1.54, 1.807) is 22.4 Å². The van der Waals surface area contributed by atoms with Crippen LogP contribution < -0.4 is 15.6 Å². The Morgan fingerprint density at radius 1 is 1.43 bits per heavy atom. The molecular formula is C20H19N8O5S2+. The number of anilines is 1. The number of carbonyl (C=O) groups excluding carboxylic acids is 2. The van der Waals surface area contributed by atoms with Crippen LogP contribution in [0.5, 0.6) is 0 Å². The molecule has 2 atom stereocenters. The van der Waals surface area contributed by atoms with Gasteiger partial charge in [-0.25, -0.2) is 14.3 Å². The van der Waals surface area contributed by atoms with Crippen LogP contribution in [-0.4, -0.2) is 72.4 Å². The lowest BCUT2D eigenvalue weighted by atomic mass is 10.0. The van der Waals surface area contributed by atoms with E-state index in [1.807, 2.05) is 22.8 Å². The summed E-state index contributed by atoms with van der Waals surface area (Å²) in [7, 11) is 1.28. The number of nitrogens with zero attached hydrogens (tertiary/aromatic N) is 6. The van der Waals surface area contributed by atoms with Gasteiger partial charge >= 0.3 is 5.97 Å². The Morgan fingerprint density at radius 2 is 2.26 bits per heavy atom. The topological polar surface area (TPSA) is 168 Å². The second-order valence-corrected chi connectivity index (χ2v) is 9.57. The van der Waals surface area contributed by atoms with Crippen LogP contribution in [0.1, 0.15) is 5.69 Å². The number of nitrogens with one attached hydrogen (secondary N) is 1. The Labute approximate surface area is 205 Å². The average molecular weight is 516 g/mol. The van der Waals surface area contributed by atoms with Gasteiger partial charge in [-0.15, -0.1) is 23.1 Å². The van der Waals surface area contributed by atoms with E-state index in [0.29, 0.717) is 11.3 Å². The highest BCUT2D eigenvalue weighted by atomic mass is 32.2. The van der Waals surface area contributed by atoms with Gasteiger partial charge in [-0.3, -0.25) is 14.5 Å². The molecule has 0 spiro atoms. The summed E-state index contributed by atoms with van der Waals surface area (Å²) in [5.41, 5.74) is 7.00. The monoisotopic (exact) mass is 515 g/mol. The maximum atomic E-state index is 13.0. The van der Waals surface area contributed by atoms with Gasteiger partial charge in [-0.05, 0) is 6.07 Å². The van der Waals surface area contributed by atoms with Crippen molar-refractivity contribution in [1.29, 1.82) is 0 Å². The first kappa shape index (κ1) is 22.8. The zero-order chi connectivity index (χ0) is 24.7. The first-order valence-electron chi connectivity index (χ1n) is 10.2. The van der Waals surface area contributed by atoms with E-state index >= 15 is 0 Å². The van der Waals surface area contributed by atoms with Gasteiger partial charge in [-0.2, -0.15) is 0 Å². The Balaban J connectivity index is 1.37. The third-order valence-corrected chi connectivity index (χ3v) is 7.50. The SMILES string of the molecule is CO/N=C(\C(=O)N[C@@H]1C(=O)N2C(C(=O)O)=C(C[n+]3cnn4ccccc43)CS[C@H]12)c1csc(N)n1. The van der Waals surface area contributed by atoms with E-state index in [0.717, 1.165) is 17.0 Å². The highest BCUT2D eigenvalue weighted by Crippen LogP contribution is 2.40. The Morgan fingerprint density at radius 3 is 2.97 bits per heavy atom. The largest absolute Gasteiger partial charge is 0.477 e. The summed E-state index contributed by atoms with van der Waals surface area (Å²) in [6, 6.07) is 4.64. The summed E-state index contributed by atoms with van der Waals surface area (Å²) < 4.78 is 3.49. The van der Waals surface area contributed by atoms with Crippen LogP contribution in [0.3, 0.4) is 0 Å².